The minimum absolute atomic E-state index is 0.0590. The lowest BCUT2D eigenvalue weighted by molar-refractivity contribution is 0.0882. The number of halogens is 1. The number of benzene rings is 2. The maximum absolute atomic E-state index is 14.4. The third-order valence-corrected chi connectivity index (χ3v) is 8.19. The average Bonchev–Trinajstić information content (AvgIpc) is 2.98. The monoisotopic (exact) mass is 493 g/mol. The molecule has 0 N–H and O–H groups in total. The summed E-state index contributed by atoms with van der Waals surface area (Å²) in [5.74, 6) is 1.45. The lowest BCUT2D eigenvalue weighted by Gasteiger charge is -2.44. The van der Waals surface area contributed by atoms with Crippen molar-refractivity contribution in [1.29, 1.82) is 0 Å². The van der Waals surface area contributed by atoms with E-state index in [2.05, 4.69) is 29.7 Å². The van der Waals surface area contributed by atoms with Crippen LogP contribution in [0, 0.1) is 12.7 Å². The Bertz CT molecular complexity index is 1200. The number of hydrogen-bond acceptors (Lipinski definition) is 4. The second kappa shape index (κ2) is 9.43. The van der Waals surface area contributed by atoms with Gasteiger partial charge in [-0.25, -0.2) is 9.18 Å². The summed E-state index contributed by atoms with van der Waals surface area (Å²) in [6.07, 6.45) is 3.92. The Balaban J connectivity index is 1.46. The highest BCUT2D eigenvalue weighted by molar-refractivity contribution is 5.83. The molecule has 192 valence electrons. The van der Waals surface area contributed by atoms with Crippen LogP contribution in [0.4, 0.5) is 9.18 Å². The van der Waals surface area contributed by atoms with Crippen molar-refractivity contribution in [2.24, 2.45) is 0 Å². The first-order valence-electron chi connectivity index (χ1n) is 12.8. The number of nitrogens with zero attached hydrogens (tertiary/aromatic N) is 3. The fourth-order valence-electron chi connectivity index (χ4n) is 6.41. The van der Waals surface area contributed by atoms with E-state index in [1.54, 1.807) is 20.3 Å². The number of likely N-dealkylation sites (tertiary alicyclic amines) is 1. The molecule has 1 atom stereocenters. The van der Waals surface area contributed by atoms with E-state index in [1.807, 2.05) is 36.1 Å². The van der Waals surface area contributed by atoms with Gasteiger partial charge in [0, 0.05) is 55.0 Å². The van der Waals surface area contributed by atoms with Gasteiger partial charge < -0.3 is 14.4 Å². The number of carbonyl (C=O) groups is 1. The van der Waals surface area contributed by atoms with Crippen molar-refractivity contribution < 1.29 is 18.7 Å². The van der Waals surface area contributed by atoms with Gasteiger partial charge >= 0.3 is 6.03 Å². The first-order chi connectivity index (χ1) is 17.3. The van der Waals surface area contributed by atoms with Crippen LogP contribution < -0.4 is 9.47 Å². The highest BCUT2D eigenvalue weighted by atomic mass is 19.1. The number of urea groups is 1. The third kappa shape index (κ3) is 3.94. The Hall–Kier alpha value is -3.06. The molecule has 5 rings (SSSR count). The highest BCUT2D eigenvalue weighted by Crippen LogP contribution is 2.49. The number of likely N-dealkylation sites (N-methyl/N-ethyl adjacent to an activating group) is 1. The summed E-state index contributed by atoms with van der Waals surface area (Å²) in [4.78, 5) is 20.1. The Morgan fingerprint density at radius 2 is 1.86 bits per heavy atom. The summed E-state index contributed by atoms with van der Waals surface area (Å²) in [5.41, 5.74) is 4.72. The fraction of sp³-hybridized carbons (Fsp3) is 0.483. The number of ether oxygens (including phenoxy) is 2. The number of fused-ring (bicyclic) bond motifs is 3. The minimum atomic E-state index is -0.346. The van der Waals surface area contributed by atoms with Crippen LogP contribution in [0.1, 0.15) is 54.9 Å². The van der Waals surface area contributed by atoms with E-state index >= 15 is 0 Å². The van der Waals surface area contributed by atoms with Gasteiger partial charge in [0.05, 0.1) is 26.3 Å². The largest absolute Gasteiger partial charge is 0.497 e. The van der Waals surface area contributed by atoms with Crippen LogP contribution in [0.5, 0.6) is 11.5 Å². The van der Waals surface area contributed by atoms with E-state index < -0.39 is 0 Å². The second-order valence-electron chi connectivity index (χ2n) is 10.3. The number of rotatable bonds is 5. The number of allylic oxidation sites excluding steroid dienone is 1. The summed E-state index contributed by atoms with van der Waals surface area (Å²) in [6, 6.07) is 9.31. The zero-order chi connectivity index (χ0) is 25.6. The highest BCUT2D eigenvalue weighted by Gasteiger charge is 2.54. The topological polar surface area (TPSA) is 45.3 Å². The molecule has 2 aromatic carbocycles. The SMILES string of the molecule is CCN1C(=O)N2Cc3cc(OC)cc(OC)c3[C@@H](C)C=C2C12CCN(Cc1cc(C)ccc1F)CC2. The Morgan fingerprint density at radius 3 is 2.53 bits per heavy atom. The molecule has 6 nitrogen and oxygen atoms in total. The van der Waals surface area contributed by atoms with Crippen LogP contribution >= 0.6 is 0 Å². The molecular weight excluding hydrogens is 457 g/mol. The molecule has 7 heteroatoms. The van der Waals surface area contributed by atoms with Crippen LogP contribution in [-0.2, 0) is 13.1 Å². The van der Waals surface area contributed by atoms with Crippen LogP contribution in [-0.4, -0.2) is 60.1 Å². The fourth-order valence-corrected chi connectivity index (χ4v) is 6.41. The molecule has 3 aliphatic rings. The summed E-state index contributed by atoms with van der Waals surface area (Å²) < 4.78 is 25.7. The molecule has 0 saturated carbocycles. The molecule has 0 unspecified atom stereocenters. The van der Waals surface area contributed by atoms with Gasteiger partial charge in [-0.15, -0.1) is 0 Å². The van der Waals surface area contributed by atoms with E-state index in [9.17, 15) is 9.18 Å². The van der Waals surface area contributed by atoms with E-state index in [-0.39, 0.29) is 23.3 Å². The van der Waals surface area contributed by atoms with Crippen molar-refractivity contribution in [1.82, 2.24) is 14.7 Å². The van der Waals surface area contributed by atoms with Gasteiger partial charge in [-0.3, -0.25) is 9.80 Å². The van der Waals surface area contributed by atoms with E-state index in [4.69, 9.17) is 9.47 Å². The van der Waals surface area contributed by atoms with E-state index in [1.165, 1.54) is 0 Å². The molecule has 36 heavy (non-hydrogen) atoms. The summed E-state index contributed by atoms with van der Waals surface area (Å²) in [7, 11) is 3.33. The van der Waals surface area contributed by atoms with Crippen LogP contribution in [0.15, 0.2) is 42.1 Å². The quantitative estimate of drug-likeness (QED) is 0.556. The van der Waals surface area contributed by atoms with Crippen LogP contribution in [0.3, 0.4) is 0 Å². The Labute approximate surface area is 213 Å². The second-order valence-corrected chi connectivity index (χ2v) is 10.3. The van der Waals surface area contributed by atoms with Crippen LogP contribution in [0.2, 0.25) is 0 Å². The zero-order valence-corrected chi connectivity index (χ0v) is 21.9. The molecule has 2 amide bonds. The lowest BCUT2D eigenvalue weighted by Crippen LogP contribution is -2.53. The van der Waals surface area contributed by atoms with Crippen molar-refractivity contribution in [3.8, 4) is 11.5 Å². The normalized spacial score (nSPS) is 21.2. The Kier molecular flexibility index (Phi) is 6.45. The predicted octanol–water partition coefficient (Wildman–Crippen LogP) is 5.44. The van der Waals surface area contributed by atoms with E-state index in [0.717, 1.165) is 65.4 Å². The number of hydrogen-bond donors (Lipinski definition) is 0. The third-order valence-electron chi connectivity index (χ3n) is 8.19. The number of carbonyl (C=O) groups excluding carboxylic acids is 1. The van der Waals surface area contributed by atoms with Crippen molar-refractivity contribution >= 4 is 6.03 Å². The predicted molar refractivity (Wildman–Crippen MR) is 138 cm³/mol. The number of aryl methyl sites for hydroxylation is 1. The average molecular weight is 494 g/mol. The number of piperidine rings is 1. The number of amides is 2. The van der Waals surface area contributed by atoms with Crippen molar-refractivity contribution in [3.05, 3.63) is 70.2 Å². The molecule has 0 aliphatic carbocycles. The molecule has 0 bridgehead atoms. The summed E-state index contributed by atoms with van der Waals surface area (Å²) in [5, 5.41) is 0. The van der Waals surface area contributed by atoms with Crippen LogP contribution in [0.25, 0.3) is 0 Å². The molecular formula is C29H36FN3O3. The molecule has 2 saturated heterocycles. The van der Waals surface area contributed by atoms with Crippen molar-refractivity contribution in [2.75, 3.05) is 33.9 Å². The Morgan fingerprint density at radius 1 is 1.11 bits per heavy atom. The van der Waals surface area contributed by atoms with Gasteiger partial charge in [-0.05, 0) is 44.4 Å². The summed E-state index contributed by atoms with van der Waals surface area (Å²) >= 11 is 0. The molecule has 0 radical (unpaired) electrons. The standard InChI is InChI=1S/C29H36FN3O3/c1-6-33-28(34)32-18-22-15-23(35-4)16-25(36-5)27(22)20(3)14-26(32)29(33)9-11-31(12-10-29)17-21-13-19(2)7-8-24(21)30/h7-8,13-16,20H,6,9-12,17-18H2,1-5H3/t20-/m0/s1. The zero-order valence-electron chi connectivity index (χ0n) is 21.9. The van der Waals surface area contributed by atoms with Gasteiger partial charge in [-0.2, -0.15) is 0 Å². The van der Waals surface area contributed by atoms with Gasteiger partial charge in [-0.1, -0.05) is 30.7 Å². The molecule has 1 spiro atoms. The smallest absolute Gasteiger partial charge is 0.325 e. The lowest BCUT2D eigenvalue weighted by atomic mass is 9.82. The first kappa shape index (κ1) is 24.6. The van der Waals surface area contributed by atoms with Gasteiger partial charge in [0.15, 0.2) is 0 Å². The maximum Gasteiger partial charge on any atom is 0.325 e. The molecule has 2 fully saturated rings. The first-order valence-corrected chi connectivity index (χ1v) is 12.8. The van der Waals surface area contributed by atoms with E-state index in [0.29, 0.717) is 19.6 Å². The maximum atomic E-state index is 14.4. The summed E-state index contributed by atoms with van der Waals surface area (Å²) in [6.45, 7) is 9.58. The molecule has 3 aliphatic heterocycles. The molecule has 0 aromatic heterocycles. The van der Waals surface area contributed by atoms with Gasteiger partial charge in [0.2, 0.25) is 0 Å². The van der Waals surface area contributed by atoms with Gasteiger partial charge in [0.1, 0.15) is 17.3 Å². The minimum Gasteiger partial charge on any atom is -0.497 e. The van der Waals surface area contributed by atoms with Gasteiger partial charge in [0.25, 0.3) is 0 Å². The van der Waals surface area contributed by atoms with Crippen molar-refractivity contribution in [3.63, 3.8) is 0 Å². The molecule has 2 aromatic rings. The molecule has 3 heterocycles. The van der Waals surface area contributed by atoms with Crippen molar-refractivity contribution in [2.45, 2.75) is 58.2 Å². The number of methoxy groups -OCH3 is 2.